The molecule has 0 aliphatic heterocycles. The van der Waals surface area contributed by atoms with Crippen LogP contribution in [0.5, 0.6) is 5.75 Å². The van der Waals surface area contributed by atoms with Crippen molar-refractivity contribution in [1.82, 2.24) is 5.32 Å². The molecule has 0 heterocycles. The minimum absolute atomic E-state index is 0.302. The molecule has 0 spiro atoms. The summed E-state index contributed by atoms with van der Waals surface area (Å²) in [6, 6.07) is 12.8. The van der Waals surface area contributed by atoms with Gasteiger partial charge in [0.05, 0.1) is 7.11 Å². The molecule has 0 atom stereocenters. The molecule has 124 valence electrons. The highest BCUT2D eigenvalue weighted by Gasteiger charge is 2.09. The molecule has 0 aliphatic carbocycles. The molecule has 2 aromatic rings. The van der Waals surface area contributed by atoms with Gasteiger partial charge in [-0.25, -0.2) is 0 Å². The van der Waals surface area contributed by atoms with E-state index in [0.29, 0.717) is 22.6 Å². The van der Waals surface area contributed by atoms with Crippen LogP contribution < -0.4 is 15.4 Å². The molecule has 0 aliphatic rings. The fourth-order valence-electron chi connectivity index (χ4n) is 1.93. The molecule has 0 unspecified atom stereocenters. The third-order valence-corrected chi connectivity index (χ3v) is 3.14. The first-order chi connectivity index (χ1) is 11.5. The largest absolute Gasteiger partial charge is 0.497 e. The number of benzene rings is 2. The van der Waals surface area contributed by atoms with Crippen molar-refractivity contribution >= 4 is 23.5 Å². The summed E-state index contributed by atoms with van der Waals surface area (Å²) in [5.74, 6) is -1.35. The number of rotatable bonds is 6. The maximum Gasteiger partial charge on any atom is 0.322 e. The number of hydrogen-bond acceptors (Lipinski definition) is 4. The molecular formula is C17H16N2O5. The van der Waals surface area contributed by atoms with Gasteiger partial charge in [-0.2, -0.15) is 0 Å². The number of amides is 2. The van der Waals surface area contributed by atoms with Crippen LogP contribution in [0.4, 0.5) is 5.69 Å². The highest BCUT2D eigenvalue weighted by molar-refractivity contribution is 6.04. The first kappa shape index (κ1) is 17.0. The lowest BCUT2D eigenvalue weighted by Gasteiger charge is -2.08. The molecule has 0 saturated carbocycles. The van der Waals surface area contributed by atoms with Gasteiger partial charge in [0, 0.05) is 16.8 Å². The van der Waals surface area contributed by atoms with Gasteiger partial charge in [-0.3, -0.25) is 14.4 Å². The summed E-state index contributed by atoms with van der Waals surface area (Å²) in [4.78, 5) is 34.3. The van der Waals surface area contributed by atoms with Crippen LogP contribution in [0.1, 0.15) is 20.7 Å². The number of anilines is 1. The van der Waals surface area contributed by atoms with E-state index in [0.717, 1.165) is 0 Å². The lowest BCUT2D eigenvalue weighted by molar-refractivity contribution is -0.135. The Hall–Kier alpha value is -3.35. The van der Waals surface area contributed by atoms with Gasteiger partial charge in [0.25, 0.3) is 11.8 Å². The number of aliphatic carboxylic acids is 1. The minimum Gasteiger partial charge on any atom is -0.497 e. The summed E-state index contributed by atoms with van der Waals surface area (Å²) in [5, 5.41) is 13.5. The summed E-state index contributed by atoms with van der Waals surface area (Å²) in [7, 11) is 1.52. The van der Waals surface area contributed by atoms with Crippen molar-refractivity contribution < 1.29 is 24.2 Å². The zero-order valence-corrected chi connectivity index (χ0v) is 12.9. The molecule has 2 aromatic carbocycles. The fourth-order valence-corrected chi connectivity index (χ4v) is 1.93. The van der Waals surface area contributed by atoms with Crippen LogP contribution in [-0.4, -0.2) is 36.5 Å². The summed E-state index contributed by atoms with van der Waals surface area (Å²) in [5.41, 5.74) is 1.26. The Morgan fingerprint density at radius 1 is 1.00 bits per heavy atom. The monoisotopic (exact) mass is 328 g/mol. The SMILES string of the molecule is COc1cccc(C(=O)Nc2ccc(C(=O)NCC(=O)O)cc2)c1. The van der Waals surface area contributed by atoms with Crippen molar-refractivity contribution in [3.8, 4) is 5.75 Å². The Balaban J connectivity index is 2.01. The van der Waals surface area contributed by atoms with Gasteiger partial charge >= 0.3 is 5.97 Å². The molecule has 2 amide bonds. The van der Waals surface area contributed by atoms with E-state index in [9.17, 15) is 14.4 Å². The molecule has 0 radical (unpaired) electrons. The van der Waals surface area contributed by atoms with E-state index in [1.807, 2.05) is 0 Å². The molecule has 0 fully saturated rings. The standard InChI is InChI=1S/C17H16N2O5/c1-24-14-4-2-3-12(9-14)17(23)19-13-7-5-11(6-8-13)16(22)18-10-15(20)21/h2-9H,10H2,1H3,(H,18,22)(H,19,23)(H,20,21). The van der Waals surface area contributed by atoms with Gasteiger partial charge < -0.3 is 20.5 Å². The normalized spacial score (nSPS) is 9.88. The molecule has 0 saturated heterocycles. The van der Waals surface area contributed by atoms with E-state index in [2.05, 4.69) is 10.6 Å². The predicted octanol–water partition coefficient (Wildman–Crippen LogP) is 1.76. The van der Waals surface area contributed by atoms with Crippen LogP contribution in [0, 0.1) is 0 Å². The van der Waals surface area contributed by atoms with E-state index in [4.69, 9.17) is 9.84 Å². The smallest absolute Gasteiger partial charge is 0.322 e. The van der Waals surface area contributed by atoms with Crippen molar-refractivity contribution in [3.05, 3.63) is 59.7 Å². The zero-order chi connectivity index (χ0) is 17.5. The van der Waals surface area contributed by atoms with Crippen LogP contribution in [0.15, 0.2) is 48.5 Å². The second kappa shape index (κ2) is 7.77. The van der Waals surface area contributed by atoms with Crippen molar-refractivity contribution in [2.75, 3.05) is 19.0 Å². The van der Waals surface area contributed by atoms with Crippen LogP contribution in [0.25, 0.3) is 0 Å². The van der Waals surface area contributed by atoms with Crippen LogP contribution in [0.3, 0.4) is 0 Å². The van der Waals surface area contributed by atoms with E-state index in [1.165, 1.54) is 19.2 Å². The Labute approximate surface area is 138 Å². The summed E-state index contributed by atoms with van der Waals surface area (Å²) >= 11 is 0. The number of carbonyl (C=O) groups is 3. The third-order valence-electron chi connectivity index (χ3n) is 3.14. The quantitative estimate of drug-likeness (QED) is 0.749. The van der Waals surface area contributed by atoms with Gasteiger partial charge in [-0.1, -0.05) is 6.07 Å². The van der Waals surface area contributed by atoms with Gasteiger partial charge in [0.15, 0.2) is 0 Å². The Kier molecular flexibility index (Phi) is 5.51. The maximum atomic E-state index is 12.2. The average Bonchev–Trinajstić information content (AvgIpc) is 2.60. The van der Waals surface area contributed by atoms with E-state index in [-0.39, 0.29) is 5.91 Å². The molecular weight excluding hydrogens is 312 g/mol. The zero-order valence-electron chi connectivity index (χ0n) is 12.9. The lowest BCUT2D eigenvalue weighted by Crippen LogP contribution is -2.29. The second-order valence-corrected chi connectivity index (χ2v) is 4.84. The fraction of sp³-hybridized carbons (Fsp3) is 0.118. The van der Waals surface area contributed by atoms with Crippen LogP contribution in [0.2, 0.25) is 0 Å². The van der Waals surface area contributed by atoms with Crippen molar-refractivity contribution in [2.45, 2.75) is 0 Å². The topological polar surface area (TPSA) is 105 Å². The average molecular weight is 328 g/mol. The van der Waals surface area contributed by atoms with Gasteiger partial charge in [0.2, 0.25) is 0 Å². The van der Waals surface area contributed by atoms with Crippen molar-refractivity contribution in [2.24, 2.45) is 0 Å². The Morgan fingerprint density at radius 3 is 2.33 bits per heavy atom. The van der Waals surface area contributed by atoms with Crippen molar-refractivity contribution in [3.63, 3.8) is 0 Å². The number of ether oxygens (including phenoxy) is 1. The first-order valence-corrected chi connectivity index (χ1v) is 7.05. The highest BCUT2D eigenvalue weighted by Crippen LogP contribution is 2.15. The van der Waals surface area contributed by atoms with Crippen molar-refractivity contribution in [1.29, 1.82) is 0 Å². The lowest BCUT2D eigenvalue weighted by atomic mass is 10.1. The summed E-state index contributed by atoms with van der Waals surface area (Å²) < 4.78 is 5.07. The molecule has 24 heavy (non-hydrogen) atoms. The Bertz CT molecular complexity index is 756. The van der Waals surface area contributed by atoms with E-state index >= 15 is 0 Å². The summed E-state index contributed by atoms with van der Waals surface area (Å²) in [6.07, 6.45) is 0. The second-order valence-electron chi connectivity index (χ2n) is 4.84. The third kappa shape index (κ3) is 4.57. The number of nitrogens with one attached hydrogen (secondary N) is 2. The first-order valence-electron chi connectivity index (χ1n) is 7.05. The van der Waals surface area contributed by atoms with Gasteiger partial charge in [0.1, 0.15) is 12.3 Å². The number of carbonyl (C=O) groups excluding carboxylic acids is 2. The summed E-state index contributed by atoms with van der Waals surface area (Å²) in [6.45, 7) is -0.451. The molecule has 7 heteroatoms. The highest BCUT2D eigenvalue weighted by atomic mass is 16.5. The maximum absolute atomic E-state index is 12.2. The Morgan fingerprint density at radius 2 is 1.71 bits per heavy atom. The molecule has 0 bridgehead atoms. The number of methoxy groups -OCH3 is 1. The molecule has 0 aromatic heterocycles. The van der Waals surface area contributed by atoms with Gasteiger partial charge in [-0.15, -0.1) is 0 Å². The van der Waals surface area contributed by atoms with Gasteiger partial charge in [-0.05, 0) is 42.5 Å². The minimum atomic E-state index is -1.12. The van der Waals surface area contributed by atoms with Crippen LogP contribution >= 0.6 is 0 Å². The number of carboxylic acids is 1. The molecule has 3 N–H and O–H groups in total. The predicted molar refractivity (Wildman–Crippen MR) is 87.4 cm³/mol. The molecule has 2 rings (SSSR count). The van der Waals surface area contributed by atoms with E-state index < -0.39 is 18.4 Å². The van der Waals surface area contributed by atoms with E-state index in [1.54, 1.807) is 36.4 Å². The number of carboxylic acid groups (broad SMARTS) is 1. The van der Waals surface area contributed by atoms with Crippen LogP contribution in [-0.2, 0) is 4.79 Å². The number of hydrogen-bond donors (Lipinski definition) is 3. The molecule has 7 nitrogen and oxygen atoms in total.